The van der Waals surface area contributed by atoms with E-state index < -0.39 is 0 Å². The van der Waals surface area contributed by atoms with Gasteiger partial charge in [-0.25, -0.2) is 0 Å². The molecule has 4 aromatic carbocycles. The first-order valence-electron chi connectivity index (χ1n) is 13.0. The fourth-order valence-corrected chi connectivity index (χ4v) is 4.94. The molecule has 0 spiro atoms. The van der Waals surface area contributed by atoms with E-state index in [2.05, 4.69) is 161 Å². The highest BCUT2D eigenvalue weighted by molar-refractivity contribution is 5.60. The van der Waals surface area contributed by atoms with Gasteiger partial charge in [0.1, 0.15) is 12.4 Å². The van der Waals surface area contributed by atoms with E-state index in [-0.39, 0.29) is 0 Å². The van der Waals surface area contributed by atoms with Crippen molar-refractivity contribution in [3.63, 3.8) is 0 Å². The molecule has 2 heteroatoms. The molecular formula is C36H29N2+. The summed E-state index contributed by atoms with van der Waals surface area (Å²) in [6.07, 6.45) is 10.3. The highest BCUT2D eigenvalue weighted by atomic mass is 14.9. The zero-order valence-electron chi connectivity index (χ0n) is 21.2. The van der Waals surface area contributed by atoms with Crippen LogP contribution in [0.2, 0.25) is 0 Å². The normalized spacial score (nSPS) is 10.8. The predicted molar refractivity (Wildman–Crippen MR) is 152 cm³/mol. The summed E-state index contributed by atoms with van der Waals surface area (Å²) in [7, 11) is 0. The van der Waals surface area contributed by atoms with E-state index in [9.17, 15) is 0 Å². The fraction of sp³-hybridized carbons (Fsp3) is 0.0556. The Morgan fingerprint density at radius 1 is 0.447 bits per heavy atom. The van der Waals surface area contributed by atoms with E-state index >= 15 is 0 Å². The molecule has 0 fully saturated rings. The lowest BCUT2D eigenvalue weighted by Gasteiger charge is -2.11. The number of hydrogen-bond donors (Lipinski definition) is 0. The summed E-state index contributed by atoms with van der Waals surface area (Å²) in [5, 5.41) is 0. The van der Waals surface area contributed by atoms with Gasteiger partial charge in [-0.05, 0) is 23.3 Å². The van der Waals surface area contributed by atoms with Crippen molar-refractivity contribution in [3.8, 4) is 22.5 Å². The lowest BCUT2D eigenvalue weighted by Crippen LogP contribution is -2.31. The number of rotatable bonds is 7. The number of pyridine rings is 2. The standard InChI is InChI=1S/C36H29N2/c1-3-11-29(12-4-1)27-33-15-7-9-17-35(33)37-23-19-31(20-24-37)32-21-25-38(26-22-32)36-18-10-8-16-34(36)28-30-13-5-2-6-14-30/h1-21,23-26H,27-28H2/q+1. The topological polar surface area (TPSA) is 7.76 Å². The second-order valence-corrected chi connectivity index (χ2v) is 9.49. The van der Waals surface area contributed by atoms with Crippen LogP contribution in [-0.4, -0.2) is 0 Å². The van der Waals surface area contributed by atoms with Gasteiger partial charge in [-0.2, -0.15) is 14.7 Å². The molecule has 6 aromatic rings. The Bertz CT molecular complexity index is 1500. The Morgan fingerprint density at radius 2 is 0.921 bits per heavy atom. The first-order valence-corrected chi connectivity index (χ1v) is 13.0. The summed E-state index contributed by atoms with van der Waals surface area (Å²) >= 11 is 0. The summed E-state index contributed by atoms with van der Waals surface area (Å²) < 4.78 is 4.36. The molecule has 0 radical (unpaired) electrons. The van der Waals surface area contributed by atoms with Gasteiger partial charge in [-0.3, -0.25) is 0 Å². The highest BCUT2D eigenvalue weighted by Gasteiger charge is 2.13. The monoisotopic (exact) mass is 489 g/mol. The molecule has 0 atom stereocenters. The number of nitrogens with zero attached hydrogens (tertiary/aromatic N) is 2. The quantitative estimate of drug-likeness (QED) is 0.170. The highest BCUT2D eigenvalue weighted by Crippen LogP contribution is 2.19. The molecule has 2 nitrogen and oxygen atoms in total. The number of benzene rings is 4. The van der Waals surface area contributed by atoms with Gasteiger partial charge in [0.25, 0.3) is 0 Å². The SMILES string of the molecule is [c-]1c[n+](-c2ccccc2Cc2ccccc2)ccc1-c1cc[n+](-c2ccccc2Cc2ccccc2)cc1. The van der Waals surface area contributed by atoms with E-state index in [1.54, 1.807) is 0 Å². The van der Waals surface area contributed by atoms with E-state index in [4.69, 9.17) is 0 Å². The Morgan fingerprint density at radius 3 is 1.45 bits per heavy atom. The Balaban J connectivity index is 1.23. The van der Waals surface area contributed by atoms with Crippen LogP contribution < -0.4 is 9.13 Å². The largest absolute Gasteiger partial charge is 0.214 e. The van der Waals surface area contributed by atoms with Gasteiger partial charge < -0.3 is 0 Å². The van der Waals surface area contributed by atoms with Crippen LogP contribution in [0.3, 0.4) is 0 Å². The van der Waals surface area contributed by atoms with Gasteiger partial charge in [0.05, 0.1) is 0 Å². The van der Waals surface area contributed by atoms with Crippen LogP contribution in [0.15, 0.2) is 152 Å². The maximum absolute atomic E-state index is 3.50. The van der Waals surface area contributed by atoms with Crippen molar-refractivity contribution in [1.82, 2.24) is 0 Å². The summed E-state index contributed by atoms with van der Waals surface area (Å²) in [6, 6.07) is 48.4. The van der Waals surface area contributed by atoms with Gasteiger partial charge in [0.15, 0.2) is 12.4 Å². The van der Waals surface area contributed by atoms with Crippen LogP contribution in [-0.2, 0) is 12.8 Å². The van der Waals surface area contributed by atoms with Crippen molar-refractivity contribution >= 4 is 0 Å². The molecule has 0 aliphatic carbocycles. The summed E-state index contributed by atoms with van der Waals surface area (Å²) in [4.78, 5) is 0. The molecule has 0 saturated heterocycles. The van der Waals surface area contributed by atoms with Crippen molar-refractivity contribution in [2.45, 2.75) is 12.8 Å². The van der Waals surface area contributed by atoms with Crippen molar-refractivity contribution < 1.29 is 9.13 Å². The van der Waals surface area contributed by atoms with E-state index in [1.165, 1.54) is 33.6 Å². The zero-order valence-corrected chi connectivity index (χ0v) is 21.2. The van der Waals surface area contributed by atoms with E-state index in [1.807, 2.05) is 6.20 Å². The molecule has 0 saturated carbocycles. The Hall–Kier alpha value is -4.82. The van der Waals surface area contributed by atoms with Crippen molar-refractivity contribution in [1.29, 1.82) is 0 Å². The van der Waals surface area contributed by atoms with E-state index in [0.717, 1.165) is 24.0 Å². The third-order valence-electron chi connectivity index (χ3n) is 6.92. The maximum Gasteiger partial charge on any atom is 0.214 e. The number of aromatic nitrogens is 2. The average Bonchev–Trinajstić information content (AvgIpc) is 2.99. The number of hydrogen-bond acceptors (Lipinski definition) is 0. The second kappa shape index (κ2) is 11.1. The first-order chi connectivity index (χ1) is 18.8. The molecule has 0 unspecified atom stereocenters. The fourth-order valence-electron chi connectivity index (χ4n) is 4.94. The van der Waals surface area contributed by atoms with Crippen molar-refractivity contribution in [3.05, 3.63) is 181 Å². The van der Waals surface area contributed by atoms with Gasteiger partial charge in [-0.15, -0.1) is 11.6 Å². The average molecular weight is 490 g/mol. The molecule has 6 rings (SSSR count). The third kappa shape index (κ3) is 5.30. The van der Waals surface area contributed by atoms with Crippen LogP contribution in [0.4, 0.5) is 0 Å². The summed E-state index contributed by atoms with van der Waals surface area (Å²) in [5.41, 5.74) is 9.82. The smallest absolute Gasteiger partial charge is 0.190 e. The van der Waals surface area contributed by atoms with Crippen LogP contribution in [0.1, 0.15) is 22.3 Å². The summed E-state index contributed by atoms with van der Waals surface area (Å²) in [6.45, 7) is 0. The molecule has 2 heterocycles. The van der Waals surface area contributed by atoms with Gasteiger partial charge in [-0.1, -0.05) is 103 Å². The van der Waals surface area contributed by atoms with Crippen LogP contribution in [0.5, 0.6) is 0 Å². The van der Waals surface area contributed by atoms with Crippen LogP contribution >= 0.6 is 0 Å². The maximum atomic E-state index is 3.50. The molecular weight excluding hydrogens is 460 g/mol. The second-order valence-electron chi connectivity index (χ2n) is 9.49. The molecule has 0 bridgehead atoms. The summed E-state index contributed by atoms with van der Waals surface area (Å²) in [5.74, 6) is 0. The molecule has 0 N–H and O–H groups in total. The van der Waals surface area contributed by atoms with Crippen LogP contribution in [0.25, 0.3) is 22.5 Å². The van der Waals surface area contributed by atoms with Gasteiger partial charge in [0, 0.05) is 36.1 Å². The number of para-hydroxylation sites is 2. The Labute approximate surface area is 224 Å². The lowest BCUT2D eigenvalue weighted by molar-refractivity contribution is -0.596. The predicted octanol–water partition coefficient (Wildman–Crippen LogP) is 6.89. The van der Waals surface area contributed by atoms with Gasteiger partial charge in [0.2, 0.25) is 11.4 Å². The molecule has 0 amide bonds. The lowest BCUT2D eigenvalue weighted by atomic mass is 10.0. The Kier molecular flexibility index (Phi) is 6.86. The van der Waals surface area contributed by atoms with Crippen molar-refractivity contribution in [2.75, 3.05) is 0 Å². The third-order valence-corrected chi connectivity index (χ3v) is 6.92. The van der Waals surface area contributed by atoms with Crippen LogP contribution in [0, 0.1) is 6.07 Å². The minimum absolute atomic E-state index is 0.899. The molecule has 38 heavy (non-hydrogen) atoms. The van der Waals surface area contributed by atoms with Gasteiger partial charge >= 0.3 is 0 Å². The molecule has 182 valence electrons. The molecule has 2 aromatic heterocycles. The zero-order chi connectivity index (χ0) is 25.6. The minimum Gasteiger partial charge on any atom is -0.190 e. The molecule has 0 aliphatic rings. The minimum atomic E-state index is 0.899. The molecule has 0 aliphatic heterocycles. The first kappa shape index (κ1) is 23.6. The van der Waals surface area contributed by atoms with E-state index in [0.29, 0.717) is 0 Å². The van der Waals surface area contributed by atoms with Crippen molar-refractivity contribution in [2.24, 2.45) is 0 Å².